The summed E-state index contributed by atoms with van der Waals surface area (Å²) >= 11 is 0. The highest BCUT2D eigenvalue weighted by atomic mass is 15.5. The topological polar surface area (TPSA) is 78.4 Å². The largest absolute Gasteiger partial charge is 0.388 e. The van der Waals surface area contributed by atoms with E-state index in [0.29, 0.717) is 5.96 Å². The Bertz CT molecular complexity index is 921. The van der Waals surface area contributed by atoms with Crippen molar-refractivity contribution in [1.29, 1.82) is 0 Å². The fourth-order valence-corrected chi connectivity index (χ4v) is 3.15. The first-order chi connectivity index (χ1) is 16.3. The van der Waals surface area contributed by atoms with Gasteiger partial charge in [-0.05, 0) is 75.1 Å². The molecule has 0 fully saturated rings. The Labute approximate surface area is 208 Å². The number of aryl methyl sites for hydroxylation is 2. The second-order valence-corrected chi connectivity index (χ2v) is 7.68. The van der Waals surface area contributed by atoms with E-state index >= 15 is 0 Å². The summed E-state index contributed by atoms with van der Waals surface area (Å²) in [5, 5.41) is 9.31. The van der Waals surface area contributed by atoms with E-state index in [-0.39, 0.29) is 6.04 Å². The fourth-order valence-electron chi connectivity index (χ4n) is 3.15. The van der Waals surface area contributed by atoms with Crippen molar-refractivity contribution in [3.63, 3.8) is 0 Å². The van der Waals surface area contributed by atoms with Gasteiger partial charge in [0.15, 0.2) is 0 Å². The van der Waals surface area contributed by atoms with Crippen LogP contribution in [0.2, 0.25) is 0 Å². The monoisotopic (exact) mass is 466 g/mol. The van der Waals surface area contributed by atoms with Gasteiger partial charge in [-0.1, -0.05) is 59.4 Å². The molecule has 0 amide bonds. The number of aliphatic imine (C=N–C) groups is 2. The predicted molar refractivity (Wildman–Crippen MR) is 153 cm³/mol. The zero-order valence-corrected chi connectivity index (χ0v) is 22.9. The van der Waals surface area contributed by atoms with E-state index in [9.17, 15) is 0 Å². The molecule has 0 aliphatic carbocycles. The highest BCUT2D eigenvalue weighted by molar-refractivity contribution is 6.15. The summed E-state index contributed by atoms with van der Waals surface area (Å²) in [5.41, 5.74) is 12.2. The van der Waals surface area contributed by atoms with Gasteiger partial charge in [0.25, 0.3) is 0 Å². The Kier molecular flexibility index (Phi) is 15.1. The first-order valence-electron chi connectivity index (χ1n) is 12.2. The summed E-state index contributed by atoms with van der Waals surface area (Å²) in [4.78, 5) is 8.90. The van der Waals surface area contributed by atoms with E-state index in [1.54, 1.807) is 11.2 Å². The molecule has 1 unspecified atom stereocenters. The molecule has 2 heterocycles. The van der Waals surface area contributed by atoms with Crippen molar-refractivity contribution in [3.05, 3.63) is 65.4 Å². The van der Waals surface area contributed by atoms with Gasteiger partial charge in [0.05, 0.1) is 17.5 Å². The number of hydrazone groups is 1. The third kappa shape index (κ3) is 9.10. The number of hydrogen-bond acceptors (Lipinski definition) is 6. The molecule has 2 aliphatic heterocycles. The van der Waals surface area contributed by atoms with Crippen LogP contribution in [0.1, 0.15) is 66.0 Å². The van der Waals surface area contributed by atoms with Gasteiger partial charge in [-0.2, -0.15) is 10.1 Å². The number of rotatable bonds is 6. The maximum absolute atomic E-state index is 4.50. The van der Waals surface area contributed by atoms with E-state index in [0.717, 1.165) is 29.0 Å². The lowest BCUT2D eigenvalue weighted by molar-refractivity contribution is 0.534. The molecule has 6 heteroatoms. The van der Waals surface area contributed by atoms with E-state index in [4.69, 9.17) is 0 Å². The van der Waals surface area contributed by atoms with Crippen molar-refractivity contribution >= 4 is 23.6 Å². The summed E-state index contributed by atoms with van der Waals surface area (Å²) in [6, 6.07) is 6.78. The number of benzene rings is 1. The van der Waals surface area contributed by atoms with Crippen LogP contribution in [0.5, 0.6) is 0 Å². The van der Waals surface area contributed by atoms with Crippen molar-refractivity contribution in [1.82, 2.24) is 5.01 Å². The Balaban J connectivity index is 0.000000574. The molecule has 0 aromatic heterocycles. The normalized spacial score (nSPS) is 15.4. The first kappa shape index (κ1) is 31.0. The van der Waals surface area contributed by atoms with Crippen LogP contribution in [0.25, 0.3) is 0 Å². The fraction of sp³-hybridized carbons (Fsp3) is 0.464. The lowest BCUT2D eigenvalue weighted by Gasteiger charge is -2.28. The summed E-state index contributed by atoms with van der Waals surface area (Å²) in [6.07, 6.45) is 7.22. The molecule has 0 bridgehead atoms. The van der Waals surface area contributed by atoms with Crippen molar-refractivity contribution in [2.75, 3.05) is 19.4 Å². The van der Waals surface area contributed by atoms with Gasteiger partial charge in [-0.25, -0.2) is 9.98 Å². The van der Waals surface area contributed by atoms with Gasteiger partial charge in [0.1, 0.15) is 0 Å². The molecule has 2 aliphatic rings. The van der Waals surface area contributed by atoms with E-state index in [1.165, 1.54) is 36.7 Å². The molecule has 3 N–H and O–H groups in total. The second kappa shape index (κ2) is 16.6. The molecule has 34 heavy (non-hydrogen) atoms. The molecule has 1 atom stereocenters. The van der Waals surface area contributed by atoms with Crippen LogP contribution in [0, 0.1) is 0 Å². The van der Waals surface area contributed by atoms with E-state index in [1.807, 2.05) is 47.7 Å². The number of allylic oxidation sites excluding steroid dienone is 3. The quantitative estimate of drug-likeness (QED) is 0.511. The van der Waals surface area contributed by atoms with Crippen LogP contribution < -0.4 is 11.1 Å². The molecule has 1 aromatic rings. The number of anilines is 1. The highest BCUT2D eigenvalue weighted by Gasteiger charge is 2.24. The Morgan fingerprint density at radius 1 is 1.12 bits per heavy atom. The van der Waals surface area contributed by atoms with Crippen molar-refractivity contribution in [3.8, 4) is 0 Å². The third-order valence-corrected chi connectivity index (χ3v) is 4.87. The number of nitrogens with two attached hydrogens (primary N) is 1. The number of nitrogens with one attached hydrogen (secondary N) is 1. The van der Waals surface area contributed by atoms with Gasteiger partial charge >= 0.3 is 0 Å². The zero-order chi connectivity index (χ0) is 26.3. The summed E-state index contributed by atoms with van der Waals surface area (Å²) in [5.74, 6) is 0.610. The van der Waals surface area contributed by atoms with Crippen molar-refractivity contribution in [2.45, 2.75) is 73.8 Å². The predicted octanol–water partition coefficient (Wildman–Crippen LogP) is 6.37. The molecule has 0 spiro atoms. The van der Waals surface area contributed by atoms with Crippen LogP contribution in [-0.4, -0.2) is 43.0 Å². The lowest BCUT2D eigenvalue weighted by Crippen LogP contribution is -2.34. The Hall–Kier alpha value is -2.99. The van der Waals surface area contributed by atoms with Crippen LogP contribution in [0.4, 0.5) is 5.69 Å². The maximum atomic E-state index is 4.50. The first-order valence-corrected chi connectivity index (χ1v) is 12.2. The van der Waals surface area contributed by atoms with Crippen molar-refractivity contribution < 1.29 is 0 Å². The van der Waals surface area contributed by atoms with Crippen LogP contribution >= 0.6 is 0 Å². The second-order valence-electron chi connectivity index (χ2n) is 7.68. The van der Waals surface area contributed by atoms with Crippen molar-refractivity contribution in [2.24, 2.45) is 20.8 Å². The summed E-state index contributed by atoms with van der Waals surface area (Å²) in [7, 11) is 3.49. The lowest BCUT2D eigenvalue weighted by atomic mass is 10.0. The minimum atomic E-state index is 0.0563. The van der Waals surface area contributed by atoms with Gasteiger partial charge in [-0.3, -0.25) is 0 Å². The minimum Gasteiger partial charge on any atom is -0.388 e. The van der Waals surface area contributed by atoms with Gasteiger partial charge < -0.3 is 11.1 Å². The number of nitrogens with zero attached hydrogens (tertiary/aromatic N) is 4. The van der Waals surface area contributed by atoms with Gasteiger partial charge in [0.2, 0.25) is 5.96 Å². The SMILES string of the molecule is C=C(C)C1=CC(C(=C)C)=NC2=NC(C)C=NN12.CC.CCCc1ccc(CC)cc1NC.CN. The molecular formula is C28H46N6. The molecule has 1 aromatic carbocycles. The maximum Gasteiger partial charge on any atom is 0.247 e. The minimum absolute atomic E-state index is 0.0563. The number of guanidine groups is 1. The molecule has 0 radical (unpaired) electrons. The third-order valence-electron chi connectivity index (χ3n) is 4.87. The number of fused-ring (bicyclic) bond motifs is 1. The summed E-state index contributed by atoms with van der Waals surface area (Å²) in [6.45, 7) is 22.1. The highest BCUT2D eigenvalue weighted by Crippen LogP contribution is 2.23. The van der Waals surface area contributed by atoms with E-state index < -0.39 is 0 Å². The summed E-state index contributed by atoms with van der Waals surface area (Å²) < 4.78 is 0. The molecular weight excluding hydrogens is 420 g/mol. The molecule has 188 valence electrons. The van der Waals surface area contributed by atoms with Gasteiger partial charge in [-0.15, -0.1) is 0 Å². The standard InChI is InChI=1S/C13H16N4.C12H19N.C2H6.CH5N/c1-8(2)11-6-12(9(3)4)17-13(16-11)15-10(5)7-14-17;1-4-6-11-8-7-10(5-2)9-12(11)13-3;2*1-2/h6-7,10H,1,3H2,2,4-5H3;7-9,13H,4-6H2,1-3H3;1-2H3;2H2,1H3. The molecule has 0 saturated heterocycles. The molecule has 0 saturated carbocycles. The molecule has 6 nitrogen and oxygen atoms in total. The Morgan fingerprint density at radius 2 is 1.76 bits per heavy atom. The number of hydrogen-bond donors (Lipinski definition) is 2. The Morgan fingerprint density at radius 3 is 2.26 bits per heavy atom. The molecule has 3 rings (SSSR count). The smallest absolute Gasteiger partial charge is 0.247 e. The van der Waals surface area contributed by atoms with Crippen LogP contribution in [0.3, 0.4) is 0 Å². The van der Waals surface area contributed by atoms with Crippen LogP contribution in [0.15, 0.2) is 69.4 Å². The van der Waals surface area contributed by atoms with Gasteiger partial charge in [0, 0.05) is 18.9 Å². The zero-order valence-electron chi connectivity index (χ0n) is 22.9. The van der Waals surface area contributed by atoms with E-state index in [2.05, 4.69) is 71.3 Å². The van der Waals surface area contributed by atoms with Crippen LogP contribution in [-0.2, 0) is 12.8 Å². The average Bonchev–Trinajstić information content (AvgIpc) is 2.86. The average molecular weight is 467 g/mol.